The molecule has 0 aliphatic carbocycles. The van der Waals surface area contributed by atoms with Gasteiger partial charge in [0.15, 0.2) is 0 Å². The van der Waals surface area contributed by atoms with Crippen LogP contribution in [0.4, 0.5) is 16.2 Å². The Morgan fingerprint density at radius 2 is 2.00 bits per heavy atom. The molecule has 0 radical (unpaired) electrons. The summed E-state index contributed by atoms with van der Waals surface area (Å²) in [5.41, 5.74) is 1.70. The Morgan fingerprint density at radius 1 is 1.21 bits per heavy atom. The monoisotopic (exact) mass is 344 g/mol. The van der Waals surface area contributed by atoms with E-state index in [-0.39, 0.29) is 5.56 Å². The van der Waals surface area contributed by atoms with Gasteiger partial charge in [0, 0.05) is 12.2 Å². The lowest BCUT2D eigenvalue weighted by molar-refractivity contribution is 0.262. The minimum atomic E-state index is -0.424. The molecule has 6 nitrogen and oxygen atoms in total. The minimum absolute atomic E-state index is 0.173. The number of anilines is 2. The zero-order valence-corrected chi connectivity index (χ0v) is 13.9. The second-order valence-corrected chi connectivity index (χ2v) is 5.79. The number of carbonyl (C=O) groups is 1. The molecule has 1 heterocycles. The van der Waals surface area contributed by atoms with Crippen LogP contribution in [-0.4, -0.2) is 15.8 Å². The van der Waals surface area contributed by atoms with Crippen LogP contribution in [0.5, 0.6) is 0 Å². The molecule has 0 fully saturated rings. The topological polar surface area (TPSA) is 78.9 Å². The van der Waals surface area contributed by atoms with Crippen molar-refractivity contribution >= 4 is 39.9 Å². The van der Waals surface area contributed by atoms with E-state index in [1.807, 2.05) is 17.7 Å². The zero-order valence-electron chi connectivity index (χ0n) is 13.1. The Morgan fingerprint density at radius 3 is 2.75 bits per heavy atom. The van der Waals surface area contributed by atoms with E-state index in [0.717, 1.165) is 18.5 Å². The van der Waals surface area contributed by atoms with Crippen LogP contribution >= 0.6 is 11.6 Å². The van der Waals surface area contributed by atoms with Crippen molar-refractivity contribution in [2.45, 2.75) is 19.9 Å². The standard InChI is InChI=1S/C17H17ClN4O2/c1-2-9-22-15-8-7-11(10-12(15)16(23)21-22)19-17(24)20-14-6-4-3-5-13(14)18/h3-8,10H,2,9H2,1H3,(H,21,23)(H2,19,20,24). The van der Waals surface area contributed by atoms with E-state index in [0.29, 0.717) is 21.8 Å². The third-order valence-corrected chi connectivity index (χ3v) is 3.93. The van der Waals surface area contributed by atoms with E-state index in [4.69, 9.17) is 11.6 Å². The van der Waals surface area contributed by atoms with Gasteiger partial charge in [0.2, 0.25) is 0 Å². The molecule has 0 unspecified atom stereocenters. The van der Waals surface area contributed by atoms with Gasteiger partial charge in [-0.1, -0.05) is 30.7 Å². The van der Waals surface area contributed by atoms with E-state index in [1.165, 1.54) is 0 Å². The smallest absolute Gasteiger partial charge is 0.308 e. The number of aryl methyl sites for hydroxylation is 1. The average molecular weight is 345 g/mol. The fraction of sp³-hybridized carbons (Fsp3) is 0.176. The molecule has 0 aliphatic heterocycles. The van der Waals surface area contributed by atoms with Crippen LogP contribution in [0.1, 0.15) is 13.3 Å². The van der Waals surface area contributed by atoms with Crippen LogP contribution in [0.3, 0.4) is 0 Å². The maximum absolute atomic E-state index is 12.1. The van der Waals surface area contributed by atoms with Gasteiger partial charge in [0.05, 0.1) is 21.6 Å². The fourth-order valence-electron chi connectivity index (χ4n) is 2.52. The molecule has 0 spiro atoms. The summed E-state index contributed by atoms with van der Waals surface area (Å²) in [7, 11) is 0. The van der Waals surface area contributed by atoms with Gasteiger partial charge in [-0.05, 0) is 36.8 Å². The number of para-hydroxylation sites is 1. The van der Waals surface area contributed by atoms with Gasteiger partial charge in [-0.2, -0.15) is 0 Å². The molecular weight excluding hydrogens is 328 g/mol. The normalized spacial score (nSPS) is 10.8. The minimum Gasteiger partial charge on any atom is -0.308 e. The van der Waals surface area contributed by atoms with Crippen LogP contribution in [0.2, 0.25) is 5.02 Å². The summed E-state index contributed by atoms with van der Waals surface area (Å²) >= 11 is 6.01. The number of aromatic nitrogens is 2. The predicted molar refractivity (Wildman–Crippen MR) is 96.9 cm³/mol. The number of urea groups is 1. The first-order chi connectivity index (χ1) is 11.6. The number of benzene rings is 2. The SMILES string of the molecule is CCCn1[nH]c(=O)c2cc(NC(=O)Nc3ccccc3Cl)ccc21. The Kier molecular flexibility index (Phi) is 4.57. The number of halogens is 1. The molecule has 1 aromatic heterocycles. The fourth-order valence-corrected chi connectivity index (χ4v) is 2.70. The lowest BCUT2D eigenvalue weighted by atomic mass is 10.2. The molecule has 3 rings (SSSR count). The Balaban J connectivity index is 1.80. The largest absolute Gasteiger partial charge is 0.323 e. The molecule has 124 valence electrons. The predicted octanol–water partition coefficient (Wildman–Crippen LogP) is 4.04. The van der Waals surface area contributed by atoms with E-state index >= 15 is 0 Å². The van der Waals surface area contributed by atoms with Crippen molar-refractivity contribution in [3.8, 4) is 0 Å². The maximum atomic E-state index is 12.1. The van der Waals surface area contributed by atoms with Crippen molar-refractivity contribution in [3.05, 3.63) is 57.8 Å². The van der Waals surface area contributed by atoms with Gasteiger partial charge in [0.25, 0.3) is 5.56 Å². The van der Waals surface area contributed by atoms with Gasteiger partial charge in [-0.15, -0.1) is 0 Å². The Hall–Kier alpha value is -2.73. The van der Waals surface area contributed by atoms with Gasteiger partial charge in [0.1, 0.15) is 0 Å². The number of aromatic amines is 1. The molecule has 0 atom stereocenters. The van der Waals surface area contributed by atoms with Gasteiger partial charge >= 0.3 is 6.03 Å². The van der Waals surface area contributed by atoms with Gasteiger partial charge < -0.3 is 10.6 Å². The Bertz CT molecular complexity index is 945. The van der Waals surface area contributed by atoms with Crippen LogP contribution in [0.25, 0.3) is 10.9 Å². The maximum Gasteiger partial charge on any atom is 0.323 e. The van der Waals surface area contributed by atoms with Crippen molar-refractivity contribution in [3.63, 3.8) is 0 Å². The van der Waals surface area contributed by atoms with Crippen LogP contribution < -0.4 is 16.2 Å². The molecule has 2 aromatic carbocycles. The van der Waals surface area contributed by atoms with E-state index in [2.05, 4.69) is 15.7 Å². The molecule has 0 bridgehead atoms. The van der Waals surface area contributed by atoms with Crippen LogP contribution in [-0.2, 0) is 6.54 Å². The van der Waals surface area contributed by atoms with Crippen molar-refractivity contribution in [1.82, 2.24) is 9.78 Å². The van der Waals surface area contributed by atoms with Crippen molar-refractivity contribution in [2.24, 2.45) is 0 Å². The highest BCUT2D eigenvalue weighted by molar-refractivity contribution is 6.33. The molecule has 0 saturated heterocycles. The number of amides is 2. The number of nitrogens with one attached hydrogen (secondary N) is 3. The Labute approximate surface area is 143 Å². The lowest BCUT2D eigenvalue weighted by Gasteiger charge is -2.09. The van der Waals surface area contributed by atoms with Gasteiger partial charge in [-0.3, -0.25) is 14.6 Å². The summed E-state index contributed by atoms with van der Waals surface area (Å²) in [5.74, 6) is 0. The molecule has 3 aromatic rings. The summed E-state index contributed by atoms with van der Waals surface area (Å²) in [6.45, 7) is 2.78. The second-order valence-electron chi connectivity index (χ2n) is 5.38. The van der Waals surface area contributed by atoms with Crippen molar-refractivity contribution in [2.75, 3.05) is 10.6 Å². The highest BCUT2D eigenvalue weighted by Gasteiger charge is 2.09. The number of hydrogen-bond acceptors (Lipinski definition) is 2. The first kappa shape index (κ1) is 16.1. The molecule has 7 heteroatoms. The number of hydrogen-bond donors (Lipinski definition) is 3. The third kappa shape index (κ3) is 3.28. The molecular formula is C17H17ClN4O2. The second kappa shape index (κ2) is 6.80. The summed E-state index contributed by atoms with van der Waals surface area (Å²) in [6, 6.07) is 11.8. The van der Waals surface area contributed by atoms with Crippen LogP contribution in [0.15, 0.2) is 47.3 Å². The zero-order chi connectivity index (χ0) is 17.1. The number of nitrogens with zero attached hydrogens (tertiary/aromatic N) is 1. The number of carbonyl (C=O) groups excluding carboxylic acids is 1. The summed E-state index contributed by atoms with van der Waals surface area (Å²) in [5, 5.41) is 9.17. The molecule has 2 amide bonds. The highest BCUT2D eigenvalue weighted by Crippen LogP contribution is 2.21. The quantitative estimate of drug-likeness (QED) is 0.668. The van der Waals surface area contributed by atoms with E-state index in [1.54, 1.807) is 36.4 Å². The van der Waals surface area contributed by atoms with E-state index < -0.39 is 6.03 Å². The first-order valence-corrected chi connectivity index (χ1v) is 8.01. The summed E-state index contributed by atoms with van der Waals surface area (Å²) in [6.07, 6.45) is 0.917. The number of H-pyrrole nitrogens is 1. The van der Waals surface area contributed by atoms with E-state index in [9.17, 15) is 9.59 Å². The summed E-state index contributed by atoms with van der Waals surface area (Å²) < 4.78 is 1.81. The lowest BCUT2D eigenvalue weighted by Crippen LogP contribution is -2.19. The highest BCUT2D eigenvalue weighted by atomic mass is 35.5. The molecule has 0 saturated carbocycles. The number of fused-ring (bicyclic) bond motifs is 1. The molecule has 3 N–H and O–H groups in total. The molecule has 0 aliphatic rings. The average Bonchev–Trinajstić information content (AvgIpc) is 2.86. The van der Waals surface area contributed by atoms with Gasteiger partial charge in [-0.25, -0.2) is 4.79 Å². The summed E-state index contributed by atoms with van der Waals surface area (Å²) in [4.78, 5) is 24.1. The number of rotatable bonds is 4. The van der Waals surface area contributed by atoms with Crippen molar-refractivity contribution in [1.29, 1.82) is 0 Å². The molecule has 24 heavy (non-hydrogen) atoms. The third-order valence-electron chi connectivity index (χ3n) is 3.60. The van der Waals surface area contributed by atoms with Crippen molar-refractivity contribution < 1.29 is 4.79 Å². The van der Waals surface area contributed by atoms with Crippen LogP contribution in [0, 0.1) is 0 Å². The first-order valence-electron chi connectivity index (χ1n) is 7.63.